The van der Waals surface area contributed by atoms with Gasteiger partial charge in [-0.1, -0.05) is 0 Å². The molecule has 10 heavy (non-hydrogen) atoms. The standard InChI is InChI=1S/C4H11NO2S2.BrH/c1-5-3-4-8-9(2,6)7;/h5H,3-4H2,1-2H3;1H. The Morgan fingerprint density at radius 3 is 2.30 bits per heavy atom. The summed E-state index contributed by atoms with van der Waals surface area (Å²) >= 11 is 0. The second-order valence-electron chi connectivity index (χ2n) is 1.63. The van der Waals surface area contributed by atoms with Crippen molar-refractivity contribution in [1.82, 2.24) is 5.32 Å². The average molecular weight is 250 g/mol. The van der Waals surface area contributed by atoms with Crippen molar-refractivity contribution in [3.05, 3.63) is 0 Å². The van der Waals surface area contributed by atoms with E-state index >= 15 is 0 Å². The van der Waals surface area contributed by atoms with Crippen molar-refractivity contribution >= 4 is 36.6 Å². The van der Waals surface area contributed by atoms with E-state index in [1.807, 2.05) is 0 Å². The van der Waals surface area contributed by atoms with Crippen LogP contribution in [0.2, 0.25) is 0 Å². The van der Waals surface area contributed by atoms with E-state index in [4.69, 9.17) is 0 Å². The summed E-state index contributed by atoms with van der Waals surface area (Å²) in [5.41, 5.74) is 0. The molecule has 0 spiro atoms. The first-order valence-corrected chi connectivity index (χ1v) is 5.94. The average Bonchev–Trinajstić information content (AvgIpc) is 1.63. The number of hydrogen-bond acceptors (Lipinski definition) is 4. The maximum atomic E-state index is 10.4. The van der Waals surface area contributed by atoms with Crippen molar-refractivity contribution in [3.63, 3.8) is 0 Å². The lowest BCUT2D eigenvalue weighted by atomic mass is 10.8. The summed E-state index contributed by atoms with van der Waals surface area (Å²) in [7, 11) is -0.0573. The molecular formula is C4H12BrNO2S2. The Kier molecular flexibility index (Phi) is 8.60. The predicted molar refractivity (Wildman–Crippen MR) is 51.6 cm³/mol. The lowest BCUT2D eigenvalue weighted by Crippen LogP contribution is -2.10. The normalized spacial score (nSPS) is 10.6. The zero-order valence-electron chi connectivity index (χ0n) is 5.96. The van der Waals surface area contributed by atoms with Crippen molar-refractivity contribution in [1.29, 1.82) is 0 Å². The van der Waals surface area contributed by atoms with E-state index < -0.39 is 8.87 Å². The van der Waals surface area contributed by atoms with Gasteiger partial charge in [0, 0.05) is 18.6 Å². The third-order valence-corrected chi connectivity index (χ3v) is 3.23. The van der Waals surface area contributed by atoms with Crippen LogP contribution in [-0.2, 0) is 8.87 Å². The second kappa shape index (κ2) is 6.45. The summed E-state index contributed by atoms with van der Waals surface area (Å²) in [6.07, 6.45) is 1.22. The molecule has 1 N–H and O–H groups in total. The van der Waals surface area contributed by atoms with Crippen LogP contribution in [-0.4, -0.2) is 34.0 Å². The molecule has 0 saturated heterocycles. The van der Waals surface area contributed by atoms with Crippen molar-refractivity contribution in [2.45, 2.75) is 0 Å². The van der Waals surface area contributed by atoms with Gasteiger partial charge in [0.15, 0.2) is 8.87 Å². The zero-order valence-corrected chi connectivity index (χ0v) is 9.30. The van der Waals surface area contributed by atoms with E-state index in [2.05, 4.69) is 5.32 Å². The summed E-state index contributed by atoms with van der Waals surface area (Å²) in [6.45, 7) is 0.734. The third-order valence-electron chi connectivity index (χ3n) is 0.649. The van der Waals surface area contributed by atoms with Crippen LogP contribution in [0, 0.1) is 0 Å². The highest BCUT2D eigenvalue weighted by molar-refractivity contribution is 8.93. The molecule has 0 aliphatic carbocycles. The highest BCUT2D eigenvalue weighted by Crippen LogP contribution is 2.06. The molecule has 0 fully saturated rings. The molecule has 3 nitrogen and oxygen atoms in total. The molecule has 0 saturated carbocycles. The van der Waals surface area contributed by atoms with E-state index in [-0.39, 0.29) is 17.0 Å². The van der Waals surface area contributed by atoms with E-state index in [9.17, 15) is 8.42 Å². The minimum Gasteiger partial charge on any atom is -0.319 e. The van der Waals surface area contributed by atoms with Gasteiger partial charge in [-0.05, 0) is 17.8 Å². The molecule has 0 bridgehead atoms. The van der Waals surface area contributed by atoms with Gasteiger partial charge in [-0.3, -0.25) is 0 Å². The van der Waals surface area contributed by atoms with Crippen LogP contribution < -0.4 is 5.32 Å². The summed E-state index contributed by atoms with van der Waals surface area (Å²) in [5.74, 6) is 0.620. The first kappa shape index (κ1) is 13.3. The Morgan fingerprint density at radius 2 is 2.00 bits per heavy atom. The highest BCUT2D eigenvalue weighted by Gasteiger charge is 1.99. The highest BCUT2D eigenvalue weighted by atomic mass is 79.9. The third kappa shape index (κ3) is 11.5. The van der Waals surface area contributed by atoms with Crippen LogP contribution in [0.25, 0.3) is 0 Å². The molecule has 0 amide bonds. The second-order valence-corrected chi connectivity index (χ2v) is 6.21. The number of halogens is 1. The van der Waals surface area contributed by atoms with E-state index in [0.717, 1.165) is 17.3 Å². The van der Waals surface area contributed by atoms with Gasteiger partial charge in [0.2, 0.25) is 0 Å². The molecule has 0 atom stereocenters. The predicted octanol–water partition coefficient (Wildman–Crippen LogP) is 0.476. The SMILES string of the molecule is Br.CNCCSS(C)(=O)=O. The van der Waals surface area contributed by atoms with E-state index in [0.29, 0.717) is 5.75 Å². The molecule has 0 aromatic carbocycles. The van der Waals surface area contributed by atoms with Crippen LogP contribution in [0.1, 0.15) is 0 Å². The Morgan fingerprint density at radius 1 is 1.50 bits per heavy atom. The van der Waals surface area contributed by atoms with Crippen molar-refractivity contribution < 1.29 is 8.42 Å². The van der Waals surface area contributed by atoms with Gasteiger partial charge in [-0.2, -0.15) is 0 Å². The molecule has 0 radical (unpaired) electrons. The van der Waals surface area contributed by atoms with Crippen LogP contribution >= 0.6 is 27.8 Å². The van der Waals surface area contributed by atoms with Crippen molar-refractivity contribution in [2.75, 3.05) is 25.6 Å². The molecule has 0 aromatic heterocycles. The number of rotatable bonds is 4. The molecule has 0 heterocycles. The van der Waals surface area contributed by atoms with E-state index in [1.165, 1.54) is 6.26 Å². The molecule has 0 aliphatic rings. The topological polar surface area (TPSA) is 46.2 Å². The Hall–Kier alpha value is 0.740. The van der Waals surface area contributed by atoms with Gasteiger partial charge >= 0.3 is 0 Å². The fourth-order valence-electron chi connectivity index (χ4n) is 0.295. The zero-order chi connectivity index (χ0) is 7.33. The first-order valence-electron chi connectivity index (χ1n) is 2.55. The Labute approximate surface area is 76.0 Å². The van der Waals surface area contributed by atoms with Crippen LogP contribution in [0.3, 0.4) is 0 Å². The van der Waals surface area contributed by atoms with Gasteiger partial charge in [-0.25, -0.2) is 8.42 Å². The monoisotopic (exact) mass is 249 g/mol. The van der Waals surface area contributed by atoms with Crippen LogP contribution in [0.4, 0.5) is 0 Å². The van der Waals surface area contributed by atoms with Gasteiger partial charge in [0.05, 0.1) is 0 Å². The lowest BCUT2D eigenvalue weighted by Gasteiger charge is -1.95. The largest absolute Gasteiger partial charge is 0.319 e. The quantitative estimate of drug-likeness (QED) is 0.582. The fourth-order valence-corrected chi connectivity index (χ4v) is 2.04. The van der Waals surface area contributed by atoms with Crippen LogP contribution in [0.15, 0.2) is 0 Å². The van der Waals surface area contributed by atoms with Crippen molar-refractivity contribution in [3.8, 4) is 0 Å². The van der Waals surface area contributed by atoms with Crippen molar-refractivity contribution in [2.24, 2.45) is 0 Å². The summed E-state index contributed by atoms with van der Waals surface area (Å²) in [6, 6.07) is 0. The molecule has 0 aromatic rings. The molecule has 64 valence electrons. The molecule has 6 heteroatoms. The molecule has 0 rings (SSSR count). The maximum Gasteiger partial charge on any atom is 0.198 e. The summed E-state index contributed by atoms with van der Waals surface area (Å²) in [4.78, 5) is 0. The minimum atomic E-state index is -2.82. The summed E-state index contributed by atoms with van der Waals surface area (Å²) < 4.78 is 20.9. The van der Waals surface area contributed by atoms with E-state index in [1.54, 1.807) is 7.05 Å². The Balaban J connectivity index is 0. The fraction of sp³-hybridized carbons (Fsp3) is 1.00. The van der Waals surface area contributed by atoms with Gasteiger partial charge in [0.1, 0.15) is 0 Å². The number of hydrogen-bond donors (Lipinski definition) is 1. The van der Waals surface area contributed by atoms with Gasteiger partial charge in [0.25, 0.3) is 0 Å². The van der Waals surface area contributed by atoms with Crippen LogP contribution in [0.5, 0.6) is 0 Å². The molecular weight excluding hydrogens is 238 g/mol. The number of nitrogens with one attached hydrogen (secondary N) is 1. The smallest absolute Gasteiger partial charge is 0.198 e. The molecule has 0 aliphatic heterocycles. The maximum absolute atomic E-state index is 10.4. The molecule has 0 unspecified atom stereocenters. The Bertz CT molecular complexity index is 157. The van der Waals surface area contributed by atoms with Gasteiger partial charge in [-0.15, -0.1) is 17.0 Å². The summed E-state index contributed by atoms with van der Waals surface area (Å²) in [5, 5.41) is 2.86. The lowest BCUT2D eigenvalue weighted by molar-refractivity contribution is 0.615. The first-order chi connectivity index (χ1) is 4.06. The minimum absolute atomic E-state index is 0. The van der Waals surface area contributed by atoms with Gasteiger partial charge < -0.3 is 5.32 Å².